The van der Waals surface area contributed by atoms with Crippen LogP contribution in [0.4, 0.5) is 10.5 Å². The summed E-state index contributed by atoms with van der Waals surface area (Å²) < 4.78 is 23.5. The van der Waals surface area contributed by atoms with Crippen LogP contribution in [0.3, 0.4) is 0 Å². The molecule has 1 N–H and O–H groups in total. The number of nitrogens with one attached hydrogen (secondary N) is 1. The smallest absolute Gasteiger partial charge is 0.445 e. The average molecular weight is 478 g/mol. The molecule has 0 aliphatic carbocycles. The molecule has 2 saturated heterocycles. The minimum absolute atomic E-state index is 0.212. The average Bonchev–Trinajstić information content (AvgIpc) is 3.08. The lowest BCUT2D eigenvalue weighted by Gasteiger charge is -2.32. The van der Waals surface area contributed by atoms with E-state index in [0.717, 1.165) is 48.6 Å². The second kappa shape index (κ2) is 10.9. The van der Waals surface area contributed by atoms with Gasteiger partial charge in [-0.1, -0.05) is 48.5 Å². The van der Waals surface area contributed by atoms with E-state index in [9.17, 15) is 4.79 Å². The predicted molar refractivity (Wildman–Crippen MR) is 138 cm³/mol. The number of ether oxygens (including phenoxy) is 2. The third kappa shape index (κ3) is 6.45. The third-order valence-corrected chi connectivity index (χ3v) is 6.80. The zero-order chi connectivity index (χ0) is 24.9. The molecule has 7 nitrogen and oxygen atoms in total. The molecule has 0 aromatic heterocycles. The van der Waals surface area contributed by atoms with Gasteiger partial charge in [0, 0.05) is 25.3 Å². The second-order valence-electron chi connectivity index (χ2n) is 9.92. The molecule has 0 unspecified atom stereocenters. The molecule has 186 valence electrons. The Labute approximate surface area is 208 Å². The molecule has 0 radical (unpaired) electrons. The highest BCUT2D eigenvalue weighted by atomic mass is 16.7. The first kappa shape index (κ1) is 25.3. The van der Waals surface area contributed by atoms with Crippen LogP contribution in [0.5, 0.6) is 0 Å². The Morgan fingerprint density at radius 3 is 2.40 bits per heavy atom. The molecule has 2 aliphatic heterocycles. The monoisotopic (exact) mass is 478 g/mol. The van der Waals surface area contributed by atoms with E-state index in [1.165, 1.54) is 0 Å². The molecule has 35 heavy (non-hydrogen) atoms. The maximum atomic E-state index is 12.4. The Morgan fingerprint density at radius 1 is 1.03 bits per heavy atom. The third-order valence-electron chi connectivity index (χ3n) is 6.80. The Kier molecular flexibility index (Phi) is 7.84. The Morgan fingerprint density at radius 2 is 1.71 bits per heavy atom. The summed E-state index contributed by atoms with van der Waals surface area (Å²) in [6.07, 6.45) is 1.54. The first-order valence-corrected chi connectivity index (χ1v) is 12.2. The zero-order valence-electron chi connectivity index (χ0n) is 21.1. The van der Waals surface area contributed by atoms with Crippen LogP contribution in [-0.4, -0.2) is 57.3 Å². The van der Waals surface area contributed by atoms with E-state index in [1.54, 1.807) is 0 Å². The van der Waals surface area contributed by atoms with Crippen molar-refractivity contribution in [2.24, 2.45) is 0 Å². The van der Waals surface area contributed by atoms with Gasteiger partial charge in [-0.25, -0.2) is 4.79 Å². The van der Waals surface area contributed by atoms with Gasteiger partial charge in [-0.15, -0.1) is 0 Å². The lowest BCUT2D eigenvalue weighted by atomic mass is 9.77. The number of carbonyl (C=O) groups excluding carboxylic acids is 1. The van der Waals surface area contributed by atoms with E-state index >= 15 is 0 Å². The van der Waals surface area contributed by atoms with Crippen LogP contribution >= 0.6 is 0 Å². The normalized spacial score (nSPS) is 19.5. The Balaban J connectivity index is 1.49. The van der Waals surface area contributed by atoms with Crippen LogP contribution in [0.1, 0.15) is 38.8 Å². The zero-order valence-corrected chi connectivity index (χ0v) is 21.1. The first-order valence-electron chi connectivity index (χ1n) is 12.2. The molecule has 2 fully saturated rings. The van der Waals surface area contributed by atoms with Crippen molar-refractivity contribution in [1.82, 2.24) is 5.32 Å². The van der Waals surface area contributed by atoms with Gasteiger partial charge in [0.05, 0.1) is 24.4 Å². The highest BCUT2D eigenvalue weighted by Gasteiger charge is 2.52. The summed E-state index contributed by atoms with van der Waals surface area (Å²) >= 11 is 0. The molecule has 2 aliphatic rings. The van der Waals surface area contributed by atoms with E-state index in [-0.39, 0.29) is 13.2 Å². The van der Waals surface area contributed by atoms with Gasteiger partial charge in [0.15, 0.2) is 0 Å². The molecule has 0 saturated carbocycles. The van der Waals surface area contributed by atoms with Crippen LogP contribution in [-0.2, 0) is 25.4 Å². The number of benzene rings is 2. The van der Waals surface area contributed by atoms with Crippen molar-refractivity contribution in [2.45, 2.75) is 45.5 Å². The maximum absolute atomic E-state index is 12.4. The molecule has 0 bridgehead atoms. The topological polar surface area (TPSA) is 69.3 Å². The minimum atomic E-state index is -0.582. The first-order chi connectivity index (χ1) is 16.7. The number of anilines is 1. The lowest BCUT2D eigenvalue weighted by Crippen LogP contribution is -2.41. The Hall–Kier alpha value is -2.81. The maximum Gasteiger partial charge on any atom is 0.492 e. The summed E-state index contributed by atoms with van der Waals surface area (Å²) in [5, 5.41) is 2.87. The summed E-state index contributed by atoms with van der Waals surface area (Å²) in [5.74, 6) is 0. The van der Waals surface area contributed by atoms with Gasteiger partial charge < -0.3 is 29.0 Å². The SMILES string of the molecule is CC1(C)OB(C(=Cc2cccc(N3CCOCC3)c2)CNC(=O)OCc2ccccc2)OC1(C)C. The molecule has 1 amide bonds. The molecule has 4 rings (SSSR count). The van der Waals surface area contributed by atoms with E-state index in [0.29, 0.717) is 0 Å². The summed E-state index contributed by atoms with van der Waals surface area (Å²) in [5.41, 5.74) is 2.94. The van der Waals surface area contributed by atoms with Gasteiger partial charge in [0.1, 0.15) is 6.61 Å². The number of morpholine rings is 1. The number of rotatable bonds is 7. The minimum Gasteiger partial charge on any atom is -0.445 e. The van der Waals surface area contributed by atoms with E-state index in [4.69, 9.17) is 18.8 Å². The molecule has 0 atom stereocenters. The fourth-order valence-corrected chi connectivity index (χ4v) is 3.99. The van der Waals surface area contributed by atoms with E-state index in [2.05, 4.69) is 22.3 Å². The molecule has 2 aromatic carbocycles. The number of amides is 1. The fourth-order valence-electron chi connectivity index (χ4n) is 3.99. The number of hydrogen-bond acceptors (Lipinski definition) is 6. The number of alkyl carbamates (subject to hydrolysis) is 1. The van der Waals surface area contributed by atoms with Crippen LogP contribution in [0.15, 0.2) is 60.1 Å². The second-order valence-corrected chi connectivity index (χ2v) is 9.92. The van der Waals surface area contributed by atoms with Gasteiger partial charge in [-0.05, 0) is 56.4 Å². The summed E-state index contributed by atoms with van der Waals surface area (Å²) in [6.45, 7) is 11.7. The van der Waals surface area contributed by atoms with Gasteiger partial charge in [0.25, 0.3) is 0 Å². The van der Waals surface area contributed by atoms with Crippen molar-refractivity contribution in [3.63, 3.8) is 0 Å². The summed E-state index contributed by atoms with van der Waals surface area (Å²) in [7, 11) is -0.582. The van der Waals surface area contributed by atoms with Crippen molar-refractivity contribution in [3.8, 4) is 0 Å². The number of hydrogen-bond donors (Lipinski definition) is 1. The molecular formula is C27H35BN2O5. The summed E-state index contributed by atoms with van der Waals surface area (Å²) in [6, 6.07) is 17.9. The summed E-state index contributed by atoms with van der Waals surface area (Å²) in [4.78, 5) is 14.8. The van der Waals surface area contributed by atoms with Crippen LogP contribution in [0.25, 0.3) is 6.08 Å². The van der Waals surface area contributed by atoms with Crippen molar-refractivity contribution < 1.29 is 23.6 Å². The van der Waals surface area contributed by atoms with Crippen molar-refractivity contribution in [1.29, 1.82) is 0 Å². The van der Waals surface area contributed by atoms with Crippen molar-refractivity contribution in [2.75, 3.05) is 37.7 Å². The number of nitrogens with zero attached hydrogens (tertiary/aromatic N) is 1. The van der Waals surface area contributed by atoms with Gasteiger partial charge >= 0.3 is 13.2 Å². The van der Waals surface area contributed by atoms with E-state index in [1.807, 2.05) is 76.2 Å². The number of carbonyl (C=O) groups is 1. The van der Waals surface area contributed by atoms with Gasteiger partial charge in [-0.3, -0.25) is 0 Å². The van der Waals surface area contributed by atoms with Gasteiger partial charge in [-0.2, -0.15) is 0 Å². The highest BCUT2D eigenvalue weighted by molar-refractivity contribution is 6.56. The highest BCUT2D eigenvalue weighted by Crippen LogP contribution is 2.38. The van der Waals surface area contributed by atoms with Crippen molar-refractivity contribution >= 4 is 25.0 Å². The molecule has 2 heterocycles. The van der Waals surface area contributed by atoms with Crippen molar-refractivity contribution in [3.05, 3.63) is 71.2 Å². The predicted octanol–water partition coefficient (Wildman–Crippen LogP) is 4.46. The molecule has 0 spiro atoms. The van der Waals surface area contributed by atoms with Crippen LogP contribution in [0.2, 0.25) is 0 Å². The van der Waals surface area contributed by atoms with Crippen LogP contribution < -0.4 is 10.2 Å². The lowest BCUT2D eigenvalue weighted by molar-refractivity contribution is 0.00578. The molecule has 8 heteroatoms. The quantitative estimate of drug-likeness (QED) is 0.593. The molecular weight excluding hydrogens is 443 g/mol. The van der Waals surface area contributed by atoms with Gasteiger partial charge in [0.2, 0.25) is 0 Å². The van der Waals surface area contributed by atoms with Crippen LogP contribution in [0, 0.1) is 0 Å². The Bertz CT molecular complexity index is 1020. The standard InChI is InChI=1S/C27H35BN2O5/c1-26(2)27(3,4)35-28(34-26)23(19-29-25(31)33-20-21-9-6-5-7-10-21)17-22-11-8-12-24(18-22)30-13-15-32-16-14-30/h5-12,17-18H,13-16,19-20H2,1-4H3,(H,29,31). The van der Waals surface area contributed by atoms with E-state index < -0.39 is 24.4 Å². The fraction of sp³-hybridized carbons (Fsp3) is 0.444. The molecule has 2 aromatic rings. The largest absolute Gasteiger partial charge is 0.492 e.